The predicted octanol–water partition coefficient (Wildman–Crippen LogP) is -1.07. The van der Waals surface area contributed by atoms with Gasteiger partial charge in [0.05, 0.1) is 23.9 Å². The number of hydrogen-bond donors (Lipinski definition) is 4. The van der Waals surface area contributed by atoms with Gasteiger partial charge in [0, 0.05) is 6.20 Å². The van der Waals surface area contributed by atoms with Crippen molar-refractivity contribution in [1.82, 2.24) is 4.98 Å². The number of nitrogens with zero attached hydrogens (tertiary/aromatic N) is 1. The standard InChI is InChI=1S/C9H13N3O3/c10-5-2-1-3-12-8(5)9(15)6(13)4-7(11)14/h1-3,6,9,13,15H,4,10H2,(H2,11,14). The first-order chi connectivity index (χ1) is 7.02. The number of carbonyl (C=O) groups excluding carboxylic acids is 1. The summed E-state index contributed by atoms with van der Waals surface area (Å²) in [6.07, 6.45) is -1.50. The zero-order valence-corrected chi connectivity index (χ0v) is 8.00. The Morgan fingerprint density at radius 2 is 2.20 bits per heavy atom. The number of anilines is 1. The van der Waals surface area contributed by atoms with E-state index in [9.17, 15) is 15.0 Å². The molecule has 6 N–H and O–H groups in total. The molecule has 0 bridgehead atoms. The fourth-order valence-corrected chi connectivity index (χ4v) is 1.18. The minimum absolute atomic E-state index is 0.145. The largest absolute Gasteiger partial charge is 0.397 e. The number of hydrogen-bond acceptors (Lipinski definition) is 5. The molecule has 6 heteroatoms. The van der Waals surface area contributed by atoms with Gasteiger partial charge in [-0.3, -0.25) is 9.78 Å². The van der Waals surface area contributed by atoms with Crippen molar-refractivity contribution in [3.63, 3.8) is 0 Å². The van der Waals surface area contributed by atoms with Gasteiger partial charge >= 0.3 is 0 Å². The molecule has 15 heavy (non-hydrogen) atoms. The summed E-state index contributed by atoms with van der Waals surface area (Å²) in [5.74, 6) is -0.698. The average molecular weight is 211 g/mol. The third kappa shape index (κ3) is 2.90. The van der Waals surface area contributed by atoms with E-state index >= 15 is 0 Å². The van der Waals surface area contributed by atoms with E-state index in [0.717, 1.165) is 0 Å². The SMILES string of the molecule is NC(=O)CC(O)C(O)c1ncccc1N. The molecule has 0 aliphatic heterocycles. The Morgan fingerprint density at radius 1 is 1.53 bits per heavy atom. The molecule has 82 valence electrons. The number of nitrogen functional groups attached to an aromatic ring is 1. The highest BCUT2D eigenvalue weighted by Gasteiger charge is 2.23. The second-order valence-electron chi connectivity index (χ2n) is 3.16. The molecule has 0 fully saturated rings. The first-order valence-corrected chi connectivity index (χ1v) is 4.37. The molecule has 0 radical (unpaired) electrons. The lowest BCUT2D eigenvalue weighted by Crippen LogP contribution is -2.26. The summed E-state index contributed by atoms with van der Waals surface area (Å²) in [6, 6.07) is 3.15. The number of primary amides is 1. The zero-order chi connectivity index (χ0) is 11.4. The number of aliphatic hydroxyl groups excluding tert-OH is 2. The van der Waals surface area contributed by atoms with Crippen molar-refractivity contribution < 1.29 is 15.0 Å². The Kier molecular flexibility index (Phi) is 3.59. The van der Waals surface area contributed by atoms with Crippen molar-refractivity contribution in [2.24, 2.45) is 5.73 Å². The van der Waals surface area contributed by atoms with E-state index in [-0.39, 0.29) is 17.8 Å². The summed E-state index contributed by atoms with van der Waals surface area (Å²) in [5, 5.41) is 19.0. The van der Waals surface area contributed by atoms with Crippen LogP contribution in [0.4, 0.5) is 5.69 Å². The normalized spacial score (nSPS) is 14.5. The fourth-order valence-electron chi connectivity index (χ4n) is 1.18. The molecule has 1 amide bonds. The Bertz CT molecular complexity index is 356. The lowest BCUT2D eigenvalue weighted by Gasteiger charge is -2.17. The Labute approximate surface area is 86.5 Å². The van der Waals surface area contributed by atoms with Crippen LogP contribution in [0.25, 0.3) is 0 Å². The number of rotatable bonds is 4. The van der Waals surface area contributed by atoms with E-state index < -0.39 is 18.1 Å². The minimum atomic E-state index is -1.31. The molecule has 0 spiro atoms. The molecule has 0 saturated carbocycles. The average Bonchev–Trinajstić information content (AvgIpc) is 2.16. The van der Waals surface area contributed by atoms with Crippen LogP contribution in [-0.2, 0) is 4.79 Å². The Balaban J connectivity index is 2.80. The smallest absolute Gasteiger partial charge is 0.220 e. The van der Waals surface area contributed by atoms with Crippen molar-refractivity contribution in [2.45, 2.75) is 18.6 Å². The van der Waals surface area contributed by atoms with E-state index in [1.807, 2.05) is 0 Å². The number of aliphatic hydroxyl groups is 2. The topological polar surface area (TPSA) is 122 Å². The maximum Gasteiger partial charge on any atom is 0.220 e. The van der Waals surface area contributed by atoms with Gasteiger partial charge in [-0.2, -0.15) is 0 Å². The van der Waals surface area contributed by atoms with Crippen molar-refractivity contribution in [3.05, 3.63) is 24.0 Å². The summed E-state index contributed by atoms with van der Waals surface area (Å²) in [7, 11) is 0. The summed E-state index contributed by atoms with van der Waals surface area (Å²) in [6.45, 7) is 0. The van der Waals surface area contributed by atoms with E-state index in [2.05, 4.69) is 4.98 Å². The quantitative estimate of drug-likeness (QED) is 0.505. The lowest BCUT2D eigenvalue weighted by atomic mass is 10.1. The molecule has 0 aliphatic rings. The van der Waals surface area contributed by atoms with Crippen LogP contribution >= 0.6 is 0 Å². The highest BCUT2D eigenvalue weighted by Crippen LogP contribution is 2.21. The molecule has 0 saturated heterocycles. The number of carbonyl (C=O) groups is 1. The molecule has 1 aromatic rings. The third-order valence-electron chi connectivity index (χ3n) is 1.93. The van der Waals surface area contributed by atoms with Crippen LogP contribution in [0.15, 0.2) is 18.3 Å². The summed E-state index contributed by atoms with van der Waals surface area (Å²) in [4.78, 5) is 14.3. The van der Waals surface area contributed by atoms with Gasteiger partial charge in [0.25, 0.3) is 0 Å². The van der Waals surface area contributed by atoms with Gasteiger partial charge in [0.15, 0.2) is 0 Å². The minimum Gasteiger partial charge on any atom is -0.397 e. The molecule has 0 aliphatic carbocycles. The van der Waals surface area contributed by atoms with Crippen molar-refractivity contribution in [1.29, 1.82) is 0 Å². The Hall–Kier alpha value is -1.66. The molecule has 2 atom stereocenters. The van der Waals surface area contributed by atoms with Crippen LogP contribution in [0.3, 0.4) is 0 Å². The highest BCUT2D eigenvalue weighted by molar-refractivity contribution is 5.74. The van der Waals surface area contributed by atoms with Crippen molar-refractivity contribution in [3.8, 4) is 0 Å². The predicted molar refractivity (Wildman–Crippen MR) is 53.4 cm³/mol. The molecule has 2 unspecified atom stereocenters. The lowest BCUT2D eigenvalue weighted by molar-refractivity contribution is -0.121. The van der Waals surface area contributed by atoms with Crippen LogP contribution < -0.4 is 11.5 Å². The third-order valence-corrected chi connectivity index (χ3v) is 1.93. The number of pyridine rings is 1. The van der Waals surface area contributed by atoms with Crippen LogP contribution in [0.2, 0.25) is 0 Å². The van der Waals surface area contributed by atoms with Gasteiger partial charge in [-0.1, -0.05) is 0 Å². The summed E-state index contributed by atoms with van der Waals surface area (Å²) in [5.41, 5.74) is 10.8. The maximum atomic E-state index is 10.5. The van der Waals surface area contributed by atoms with Crippen LogP contribution in [0.1, 0.15) is 18.2 Å². The molecule has 1 rings (SSSR count). The summed E-state index contributed by atoms with van der Waals surface area (Å²) < 4.78 is 0. The maximum absolute atomic E-state index is 10.5. The Morgan fingerprint density at radius 3 is 2.73 bits per heavy atom. The van der Waals surface area contributed by atoms with Gasteiger partial charge < -0.3 is 21.7 Å². The molecular weight excluding hydrogens is 198 g/mol. The zero-order valence-electron chi connectivity index (χ0n) is 8.00. The molecule has 0 aromatic carbocycles. The van der Waals surface area contributed by atoms with Gasteiger partial charge in [-0.15, -0.1) is 0 Å². The van der Waals surface area contributed by atoms with Gasteiger partial charge in [-0.05, 0) is 12.1 Å². The van der Waals surface area contributed by atoms with E-state index in [4.69, 9.17) is 11.5 Å². The molecule has 1 aromatic heterocycles. The van der Waals surface area contributed by atoms with Crippen LogP contribution in [0.5, 0.6) is 0 Å². The van der Waals surface area contributed by atoms with E-state index in [1.165, 1.54) is 6.20 Å². The first kappa shape index (κ1) is 11.4. The van der Waals surface area contributed by atoms with Gasteiger partial charge in [0.2, 0.25) is 5.91 Å². The van der Waals surface area contributed by atoms with Gasteiger partial charge in [0.1, 0.15) is 6.10 Å². The second kappa shape index (κ2) is 4.72. The number of amides is 1. The van der Waals surface area contributed by atoms with Crippen molar-refractivity contribution >= 4 is 11.6 Å². The van der Waals surface area contributed by atoms with Crippen LogP contribution in [0, 0.1) is 0 Å². The number of aromatic nitrogens is 1. The van der Waals surface area contributed by atoms with E-state index in [0.29, 0.717) is 0 Å². The molecule has 1 heterocycles. The van der Waals surface area contributed by atoms with Crippen LogP contribution in [-0.4, -0.2) is 27.2 Å². The monoisotopic (exact) mass is 211 g/mol. The van der Waals surface area contributed by atoms with E-state index in [1.54, 1.807) is 12.1 Å². The fraction of sp³-hybridized carbons (Fsp3) is 0.333. The second-order valence-corrected chi connectivity index (χ2v) is 3.16. The molecule has 6 nitrogen and oxygen atoms in total. The summed E-state index contributed by atoms with van der Waals surface area (Å²) >= 11 is 0. The van der Waals surface area contributed by atoms with Crippen molar-refractivity contribution in [2.75, 3.05) is 5.73 Å². The first-order valence-electron chi connectivity index (χ1n) is 4.37. The highest BCUT2D eigenvalue weighted by atomic mass is 16.3. The molecular formula is C9H13N3O3. The van der Waals surface area contributed by atoms with Gasteiger partial charge in [-0.25, -0.2) is 0 Å². The number of nitrogens with two attached hydrogens (primary N) is 2.